The number of hydrogen-bond donors (Lipinski definition) is 0. The van der Waals surface area contributed by atoms with E-state index in [1.54, 1.807) is 14.2 Å². The molecule has 0 atom stereocenters. The molecule has 0 heterocycles. The monoisotopic (exact) mass is 278 g/mol. The summed E-state index contributed by atoms with van der Waals surface area (Å²) in [6.07, 6.45) is 0. The maximum absolute atomic E-state index is 6.31. The van der Waals surface area contributed by atoms with Crippen LogP contribution in [0.25, 0.3) is 0 Å². The van der Waals surface area contributed by atoms with E-state index in [4.69, 9.17) is 13.0 Å². The molecule has 0 spiro atoms. The molecule has 0 amide bonds. The molecule has 0 aromatic rings. The average molecular weight is 279 g/mol. The molecule has 0 aromatic carbocycles. The van der Waals surface area contributed by atoms with Crippen molar-refractivity contribution in [1.29, 1.82) is 0 Å². The topological polar surface area (TPSA) is 27.7 Å². The van der Waals surface area contributed by atoms with Gasteiger partial charge in [-0.2, -0.15) is 0 Å². The van der Waals surface area contributed by atoms with E-state index in [-0.39, 0.29) is 0 Å². The van der Waals surface area contributed by atoms with E-state index >= 15 is 0 Å². The molecule has 0 aliphatic rings. The van der Waals surface area contributed by atoms with Gasteiger partial charge in [-0.1, -0.05) is 5.70 Å². The van der Waals surface area contributed by atoms with Crippen molar-refractivity contribution in [1.82, 2.24) is 0 Å². The molecule has 96 valence electrons. The number of hydrogen-bond acceptors (Lipinski definition) is 3. The second-order valence-electron chi connectivity index (χ2n) is 5.39. The van der Waals surface area contributed by atoms with Gasteiger partial charge < -0.3 is 13.0 Å². The van der Waals surface area contributed by atoms with Crippen LogP contribution >= 0.6 is 0 Å². The van der Waals surface area contributed by atoms with Gasteiger partial charge in [0.2, 0.25) is 0 Å². The molecule has 0 radical (unpaired) electrons. The molecule has 0 fully saturated rings. The molecular weight excluding hydrogens is 252 g/mol. The highest BCUT2D eigenvalue weighted by atomic mass is 28.5. The fourth-order valence-electron chi connectivity index (χ4n) is 1.79. The summed E-state index contributed by atoms with van der Waals surface area (Å²) in [5.41, 5.74) is 2.94. The lowest BCUT2D eigenvalue weighted by molar-refractivity contribution is 0.253. The lowest BCUT2D eigenvalue weighted by atomic mass is 11.3. The molecule has 0 rings (SSSR count). The van der Waals surface area contributed by atoms with Gasteiger partial charge in [-0.05, 0) is 32.7 Å². The van der Waals surface area contributed by atoms with Gasteiger partial charge in [0.1, 0.15) is 0 Å². The zero-order chi connectivity index (χ0) is 13.0. The van der Waals surface area contributed by atoms with Crippen LogP contribution in [0, 0.1) is 0 Å². The van der Waals surface area contributed by atoms with E-state index in [0.29, 0.717) is 0 Å². The van der Waals surface area contributed by atoms with Crippen molar-refractivity contribution in [2.45, 2.75) is 38.4 Å². The van der Waals surface area contributed by atoms with Crippen LogP contribution in [0.4, 0.5) is 0 Å². The molecule has 0 unspecified atom stereocenters. The SMILES string of the molecule is C=C[Si](C)(C)O[Si](C)(C)C[Si](C)(OC)OC. The minimum atomic E-state index is -2.02. The van der Waals surface area contributed by atoms with Crippen LogP contribution in [0.1, 0.15) is 0 Å². The van der Waals surface area contributed by atoms with E-state index in [1.807, 2.05) is 5.70 Å². The van der Waals surface area contributed by atoms with Gasteiger partial charge in [-0.3, -0.25) is 0 Å². The third-order valence-corrected chi connectivity index (χ3v) is 15.6. The highest BCUT2D eigenvalue weighted by Gasteiger charge is 2.41. The summed E-state index contributed by atoms with van der Waals surface area (Å²) >= 11 is 0. The fraction of sp³-hybridized carbons (Fsp3) is 0.800. The Hall–Kier alpha value is 0.271. The van der Waals surface area contributed by atoms with Crippen LogP contribution in [0.15, 0.2) is 12.3 Å². The summed E-state index contributed by atoms with van der Waals surface area (Å²) < 4.78 is 17.4. The van der Waals surface area contributed by atoms with E-state index in [9.17, 15) is 0 Å². The van der Waals surface area contributed by atoms with E-state index < -0.39 is 25.2 Å². The van der Waals surface area contributed by atoms with Gasteiger partial charge in [-0.15, -0.1) is 6.58 Å². The van der Waals surface area contributed by atoms with Crippen molar-refractivity contribution in [2.24, 2.45) is 0 Å². The van der Waals surface area contributed by atoms with Gasteiger partial charge in [0.05, 0.1) is 0 Å². The first kappa shape index (κ1) is 16.3. The van der Waals surface area contributed by atoms with Crippen LogP contribution in [-0.2, 0) is 13.0 Å². The standard InChI is InChI=1S/C10H26O3Si3/c1-9-14(4,5)13-15(6,7)10-16(8,11-2)12-3/h9H,1,10H2,2-8H3. The molecular formula is C10H26O3Si3. The summed E-state index contributed by atoms with van der Waals surface area (Å²) in [6.45, 7) is 14.8. The van der Waals surface area contributed by atoms with Gasteiger partial charge in [0, 0.05) is 19.9 Å². The Kier molecular flexibility index (Phi) is 5.84. The normalized spacial score (nSPS) is 13.9. The Morgan fingerprint density at radius 2 is 1.44 bits per heavy atom. The van der Waals surface area contributed by atoms with Crippen molar-refractivity contribution in [2.75, 3.05) is 14.2 Å². The lowest BCUT2D eigenvalue weighted by Gasteiger charge is -2.36. The van der Waals surface area contributed by atoms with Gasteiger partial charge >= 0.3 is 8.56 Å². The summed E-state index contributed by atoms with van der Waals surface area (Å²) in [4.78, 5) is 0. The Morgan fingerprint density at radius 1 is 1.00 bits per heavy atom. The maximum atomic E-state index is 6.31. The molecule has 0 bridgehead atoms. The average Bonchev–Trinajstić information content (AvgIpc) is 2.15. The lowest BCUT2D eigenvalue weighted by Crippen LogP contribution is -2.51. The third kappa shape index (κ3) is 5.55. The minimum Gasteiger partial charge on any atom is -0.453 e. The van der Waals surface area contributed by atoms with Crippen molar-refractivity contribution in [3.05, 3.63) is 12.3 Å². The van der Waals surface area contributed by atoms with E-state index in [0.717, 1.165) is 5.67 Å². The van der Waals surface area contributed by atoms with Gasteiger partial charge in [0.15, 0.2) is 16.6 Å². The van der Waals surface area contributed by atoms with Crippen molar-refractivity contribution >= 4 is 25.2 Å². The molecule has 0 aliphatic carbocycles. The molecule has 0 aliphatic heterocycles. The molecule has 0 N–H and O–H groups in total. The molecule has 0 aromatic heterocycles. The predicted molar refractivity (Wildman–Crippen MR) is 76.7 cm³/mol. The largest absolute Gasteiger partial charge is 0.453 e. The Bertz CT molecular complexity index is 237. The first-order chi connectivity index (χ1) is 7.10. The molecule has 6 heteroatoms. The van der Waals surface area contributed by atoms with Gasteiger partial charge in [-0.25, -0.2) is 0 Å². The smallest absolute Gasteiger partial charge is 0.333 e. The molecule has 3 nitrogen and oxygen atoms in total. The summed E-state index contributed by atoms with van der Waals surface area (Å²) in [6, 6.07) is 0. The zero-order valence-electron chi connectivity index (χ0n) is 11.7. The van der Waals surface area contributed by atoms with Crippen LogP contribution in [0.5, 0.6) is 0 Å². The first-order valence-electron chi connectivity index (χ1n) is 5.54. The highest BCUT2D eigenvalue weighted by Crippen LogP contribution is 2.25. The number of rotatable bonds is 7. The fourth-order valence-corrected chi connectivity index (χ4v) is 16.3. The van der Waals surface area contributed by atoms with E-state index in [2.05, 4.69) is 39.3 Å². The highest BCUT2D eigenvalue weighted by molar-refractivity contribution is 6.93. The second-order valence-corrected chi connectivity index (χ2v) is 17.8. The predicted octanol–water partition coefficient (Wildman–Crippen LogP) is 3.04. The van der Waals surface area contributed by atoms with E-state index in [1.165, 1.54) is 0 Å². The molecule has 16 heavy (non-hydrogen) atoms. The van der Waals surface area contributed by atoms with Gasteiger partial charge in [0.25, 0.3) is 0 Å². The van der Waals surface area contributed by atoms with Crippen molar-refractivity contribution in [3.63, 3.8) is 0 Å². The second kappa shape index (κ2) is 5.74. The Labute approximate surface area is 103 Å². The Balaban J connectivity index is 4.62. The van der Waals surface area contributed by atoms with Crippen molar-refractivity contribution in [3.8, 4) is 0 Å². The van der Waals surface area contributed by atoms with Crippen molar-refractivity contribution < 1.29 is 13.0 Å². The first-order valence-corrected chi connectivity index (χ1v) is 14.2. The zero-order valence-corrected chi connectivity index (χ0v) is 14.7. The maximum Gasteiger partial charge on any atom is 0.333 e. The van der Waals surface area contributed by atoms with Crippen LogP contribution < -0.4 is 0 Å². The minimum absolute atomic E-state index is 0.956. The third-order valence-electron chi connectivity index (χ3n) is 2.64. The molecule has 0 saturated heterocycles. The molecule has 0 saturated carbocycles. The summed E-state index contributed by atoms with van der Waals surface area (Å²) in [5, 5.41) is 0. The summed E-state index contributed by atoms with van der Waals surface area (Å²) in [5.74, 6) is 0. The van der Waals surface area contributed by atoms with Crippen LogP contribution in [-0.4, -0.2) is 39.4 Å². The summed E-state index contributed by atoms with van der Waals surface area (Å²) in [7, 11) is -1.99. The van der Waals surface area contributed by atoms with Crippen LogP contribution in [0.3, 0.4) is 0 Å². The quantitative estimate of drug-likeness (QED) is 0.670. The Morgan fingerprint density at radius 3 is 1.75 bits per heavy atom. The van der Waals surface area contributed by atoms with Crippen LogP contribution in [0.2, 0.25) is 38.4 Å².